The third-order valence-corrected chi connectivity index (χ3v) is 5.17. The van der Waals surface area contributed by atoms with Crippen LogP contribution in [-0.4, -0.2) is 36.3 Å². The van der Waals surface area contributed by atoms with Crippen molar-refractivity contribution in [2.75, 3.05) is 30.3 Å². The lowest BCUT2D eigenvalue weighted by Gasteiger charge is -2.25. The molecule has 0 aromatic heterocycles. The average Bonchev–Trinajstić information content (AvgIpc) is 2.67. The highest BCUT2D eigenvalue weighted by atomic mass is 16.2. The Labute approximate surface area is 167 Å². The minimum atomic E-state index is -0.163. The number of benzene rings is 2. The summed E-state index contributed by atoms with van der Waals surface area (Å²) in [6, 6.07) is 14.9. The number of likely N-dealkylation sites (tertiary alicyclic amines) is 1. The summed E-state index contributed by atoms with van der Waals surface area (Å²) in [7, 11) is 0. The van der Waals surface area contributed by atoms with Crippen molar-refractivity contribution < 1.29 is 9.59 Å². The van der Waals surface area contributed by atoms with Gasteiger partial charge >= 0.3 is 0 Å². The van der Waals surface area contributed by atoms with Gasteiger partial charge in [-0.25, -0.2) is 0 Å². The molecule has 5 heteroatoms. The molecular weight excluding hydrogens is 350 g/mol. The van der Waals surface area contributed by atoms with Crippen molar-refractivity contribution in [3.8, 4) is 0 Å². The van der Waals surface area contributed by atoms with Crippen LogP contribution in [-0.2, 0) is 4.79 Å². The predicted molar refractivity (Wildman–Crippen MR) is 114 cm³/mol. The number of hydrogen-bond acceptors (Lipinski definition) is 3. The summed E-state index contributed by atoms with van der Waals surface area (Å²) in [6.45, 7) is 3.92. The van der Waals surface area contributed by atoms with E-state index >= 15 is 0 Å². The normalized spacial score (nSPS) is 14.7. The van der Waals surface area contributed by atoms with Crippen LogP contribution in [0.3, 0.4) is 0 Å². The first kappa shape index (κ1) is 19.9. The number of carbonyl (C=O) groups excluding carboxylic acids is 2. The topological polar surface area (TPSA) is 61.4 Å². The number of amides is 2. The molecule has 1 saturated heterocycles. The Hall–Kier alpha value is -2.82. The van der Waals surface area contributed by atoms with Gasteiger partial charge < -0.3 is 15.5 Å². The molecule has 5 nitrogen and oxygen atoms in total. The van der Waals surface area contributed by atoms with Crippen molar-refractivity contribution in [1.29, 1.82) is 0 Å². The van der Waals surface area contributed by atoms with E-state index in [1.54, 1.807) is 6.07 Å². The molecule has 0 bridgehead atoms. The summed E-state index contributed by atoms with van der Waals surface area (Å²) >= 11 is 0. The van der Waals surface area contributed by atoms with Crippen LogP contribution in [0.2, 0.25) is 0 Å². The average molecular weight is 380 g/mol. The molecule has 0 unspecified atom stereocenters. The number of carbonyl (C=O) groups is 2. The van der Waals surface area contributed by atoms with E-state index in [4.69, 9.17) is 0 Å². The van der Waals surface area contributed by atoms with Gasteiger partial charge in [-0.05, 0) is 49.6 Å². The van der Waals surface area contributed by atoms with E-state index in [0.29, 0.717) is 5.56 Å². The lowest BCUT2D eigenvalue weighted by atomic mass is 10.1. The Kier molecular flexibility index (Phi) is 7.06. The second-order valence-corrected chi connectivity index (χ2v) is 7.35. The zero-order valence-electron chi connectivity index (χ0n) is 16.5. The minimum Gasteiger partial charge on any atom is -0.376 e. The molecule has 148 valence electrons. The number of para-hydroxylation sites is 1. The standard InChI is InChI=1S/C23H29N3O2/c1-18-12-13-19(23(28)25-20-10-6-5-7-11-20)16-21(18)24-17-22(27)26-14-8-3-2-4-9-15-26/h5-7,10-13,16,24H,2-4,8-9,14-15,17H2,1H3,(H,25,28). The Morgan fingerprint density at radius 1 is 0.929 bits per heavy atom. The molecule has 0 atom stereocenters. The van der Waals surface area contributed by atoms with E-state index in [-0.39, 0.29) is 18.4 Å². The van der Waals surface area contributed by atoms with Crippen LogP contribution in [0, 0.1) is 6.92 Å². The number of rotatable bonds is 5. The second-order valence-electron chi connectivity index (χ2n) is 7.35. The van der Waals surface area contributed by atoms with Gasteiger partial charge in [-0.3, -0.25) is 9.59 Å². The summed E-state index contributed by atoms with van der Waals surface area (Å²) in [6.07, 6.45) is 5.85. The van der Waals surface area contributed by atoms with Crippen LogP contribution in [0.25, 0.3) is 0 Å². The molecule has 0 saturated carbocycles. The monoisotopic (exact) mass is 379 g/mol. The molecule has 2 aromatic rings. The highest BCUT2D eigenvalue weighted by Gasteiger charge is 2.15. The van der Waals surface area contributed by atoms with Crippen molar-refractivity contribution in [2.45, 2.75) is 39.0 Å². The first-order valence-electron chi connectivity index (χ1n) is 10.1. The van der Waals surface area contributed by atoms with Crippen LogP contribution < -0.4 is 10.6 Å². The van der Waals surface area contributed by atoms with Crippen molar-refractivity contribution in [3.05, 3.63) is 59.7 Å². The van der Waals surface area contributed by atoms with Gasteiger partial charge in [-0.2, -0.15) is 0 Å². The van der Waals surface area contributed by atoms with Crippen LogP contribution in [0.4, 0.5) is 11.4 Å². The summed E-state index contributed by atoms with van der Waals surface area (Å²) < 4.78 is 0. The van der Waals surface area contributed by atoms with Gasteiger partial charge in [0.2, 0.25) is 5.91 Å². The van der Waals surface area contributed by atoms with Gasteiger partial charge in [0.1, 0.15) is 0 Å². The summed E-state index contributed by atoms with van der Waals surface area (Å²) in [5.74, 6) is -0.0372. The SMILES string of the molecule is Cc1ccc(C(=O)Nc2ccccc2)cc1NCC(=O)N1CCCCCCC1. The molecule has 1 aliphatic heterocycles. The lowest BCUT2D eigenvalue weighted by Crippen LogP contribution is -2.37. The lowest BCUT2D eigenvalue weighted by molar-refractivity contribution is -0.129. The van der Waals surface area contributed by atoms with E-state index in [0.717, 1.165) is 42.9 Å². The molecule has 28 heavy (non-hydrogen) atoms. The van der Waals surface area contributed by atoms with Gasteiger partial charge in [-0.1, -0.05) is 43.5 Å². The second kappa shape index (κ2) is 9.93. The van der Waals surface area contributed by atoms with Gasteiger partial charge in [0.15, 0.2) is 0 Å². The number of hydrogen-bond donors (Lipinski definition) is 2. The van der Waals surface area contributed by atoms with Crippen LogP contribution >= 0.6 is 0 Å². The molecule has 1 heterocycles. The highest BCUT2D eigenvalue weighted by molar-refractivity contribution is 6.05. The maximum Gasteiger partial charge on any atom is 0.255 e. The van der Waals surface area contributed by atoms with Crippen LogP contribution in [0.15, 0.2) is 48.5 Å². The quantitative estimate of drug-likeness (QED) is 0.807. The first-order valence-corrected chi connectivity index (χ1v) is 10.1. The Morgan fingerprint density at radius 2 is 1.61 bits per heavy atom. The van der Waals surface area contributed by atoms with Gasteiger partial charge in [-0.15, -0.1) is 0 Å². The summed E-state index contributed by atoms with van der Waals surface area (Å²) in [4.78, 5) is 27.1. The Morgan fingerprint density at radius 3 is 2.32 bits per heavy atom. The molecule has 0 radical (unpaired) electrons. The molecule has 2 aromatic carbocycles. The van der Waals surface area contributed by atoms with Crippen molar-refractivity contribution in [1.82, 2.24) is 4.90 Å². The zero-order valence-corrected chi connectivity index (χ0v) is 16.5. The van der Waals surface area contributed by atoms with Crippen molar-refractivity contribution in [2.24, 2.45) is 0 Å². The fourth-order valence-electron chi connectivity index (χ4n) is 3.46. The van der Waals surface area contributed by atoms with Gasteiger partial charge in [0, 0.05) is 30.0 Å². The Bertz CT molecular complexity index is 797. The molecule has 1 fully saturated rings. The van der Waals surface area contributed by atoms with Crippen LogP contribution in [0.1, 0.15) is 48.0 Å². The number of aryl methyl sites for hydroxylation is 1. The van der Waals surface area contributed by atoms with E-state index in [9.17, 15) is 9.59 Å². The van der Waals surface area contributed by atoms with Crippen molar-refractivity contribution in [3.63, 3.8) is 0 Å². The fraction of sp³-hybridized carbons (Fsp3) is 0.391. The van der Waals surface area contributed by atoms with Crippen LogP contribution in [0.5, 0.6) is 0 Å². The van der Waals surface area contributed by atoms with E-state index in [2.05, 4.69) is 10.6 Å². The summed E-state index contributed by atoms with van der Waals surface area (Å²) in [5.41, 5.74) is 3.16. The number of anilines is 2. The minimum absolute atomic E-state index is 0.125. The molecular formula is C23H29N3O2. The largest absolute Gasteiger partial charge is 0.376 e. The Balaban J connectivity index is 1.61. The number of nitrogens with zero attached hydrogens (tertiary/aromatic N) is 1. The molecule has 0 aliphatic carbocycles. The summed E-state index contributed by atoms with van der Waals surface area (Å²) in [5, 5.41) is 6.13. The van der Waals surface area contributed by atoms with Gasteiger partial charge in [0.25, 0.3) is 5.91 Å². The van der Waals surface area contributed by atoms with E-state index in [1.165, 1.54) is 19.3 Å². The molecule has 2 amide bonds. The van der Waals surface area contributed by atoms with Crippen molar-refractivity contribution >= 4 is 23.2 Å². The predicted octanol–water partition coefficient (Wildman–Crippen LogP) is 4.45. The maximum absolute atomic E-state index is 12.6. The highest BCUT2D eigenvalue weighted by Crippen LogP contribution is 2.18. The zero-order chi connectivity index (χ0) is 19.8. The van der Waals surface area contributed by atoms with E-state index < -0.39 is 0 Å². The fourth-order valence-corrected chi connectivity index (χ4v) is 3.46. The van der Waals surface area contributed by atoms with Gasteiger partial charge in [0.05, 0.1) is 6.54 Å². The third-order valence-electron chi connectivity index (χ3n) is 5.17. The smallest absolute Gasteiger partial charge is 0.255 e. The molecule has 2 N–H and O–H groups in total. The third kappa shape index (κ3) is 5.59. The molecule has 1 aliphatic rings. The molecule has 0 spiro atoms. The maximum atomic E-state index is 12.6. The first-order chi connectivity index (χ1) is 13.6. The van der Waals surface area contributed by atoms with E-state index in [1.807, 2.05) is 54.3 Å². The molecule has 3 rings (SSSR count). The number of nitrogens with one attached hydrogen (secondary N) is 2.